The molecule has 0 saturated heterocycles. The largest absolute Gasteiger partial charge is 0.310 e. The zero-order valence-electron chi connectivity index (χ0n) is 10.6. The van der Waals surface area contributed by atoms with Crippen molar-refractivity contribution in [3.8, 4) is 11.8 Å². The minimum absolute atomic E-state index is 0.420. The van der Waals surface area contributed by atoms with Crippen LogP contribution >= 0.6 is 15.9 Å². The van der Waals surface area contributed by atoms with Crippen molar-refractivity contribution >= 4 is 15.9 Å². The maximum Gasteiger partial charge on any atom is 0.0329 e. The highest BCUT2D eigenvalue weighted by atomic mass is 79.9. The van der Waals surface area contributed by atoms with Crippen LogP contribution in [0.25, 0.3) is 0 Å². The van der Waals surface area contributed by atoms with E-state index in [0.29, 0.717) is 6.04 Å². The molecular weight excluding hydrogens is 274 g/mol. The van der Waals surface area contributed by atoms with E-state index in [2.05, 4.69) is 64.3 Å². The molecule has 1 rings (SSSR count). The highest BCUT2D eigenvalue weighted by molar-refractivity contribution is 9.10. The van der Waals surface area contributed by atoms with Gasteiger partial charge in [0.05, 0.1) is 0 Å². The predicted molar refractivity (Wildman–Crippen MR) is 77.9 cm³/mol. The lowest BCUT2D eigenvalue weighted by atomic mass is 10.0. The van der Waals surface area contributed by atoms with Gasteiger partial charge in [0, 0.05) is 16.9 Å². The molecule has 0 aliphatic carbocycles. The normalized spacial score (nSPS) is 11.7. The zero-order valence-corrected chi connectivity index (χ0v) is 12.2. The molecule has 1 aromatic rings. The Balaban J connectivity index is 2.65. The molecule has 0 radical (unpaired) electrons. The molecule has 0 aromatic heterocycles. The minimum Gasteiger partial charge on any atom is -0.310 e. The van der Waals surface area contributed by atoms with E-state index >= 15 is 0 Å². The summed E-state index contributed by atoms with van der Waals surface area (Å²) in [5.41, 5.74) is 1.35. The molecule has 0 spiro atoms. The summed E-state index contributed by atoms with van der Waals surface area (Å²) in [4.78, 5) is 0. The third kappa shape index (κ3) is 5.39. The first kappa shape index (κ1) is 14.3. The van der Waals surface area contributed by atoms with Crippen molar-refractivity contribution in [1.82, 2.24) is 5.32 Å². The van der Waals surface area contributed by atoms with E-state index in [1.54, 1.807) is 0 Å². The summed E-state index contributed by atoms with van der Waals surface area (Å²) in [5, 5.41) is 3.58. The van der Waals surface area contributed by atoms with Crippen LogP contribution in [0, 0.1) is 11.8 Å². The van der Waals surface area contributed by atoms with E-state index in [4.69, 9.17) is 0 Å². The quantitative estimate of drug-likeness (QED) is 0.772. The fraction of sp³-hybridized carbons (Fsp3) is 0.467. The predicted octanol–water partition coefficient (Wildman–Crippen LogP) is 4.29. The van der Waals surface area contributed by atoms with E-state index in [1.165, 1.54) is 5.56 Å². The van der Waals surface area contributed by atoms with Crippen LogP contribution in [0.15, 0.2) is 28.7 Å². The molecular formula is C15H20BrN. The topological polar surface area (TPSA) is 12.0 Å². The second-order valence-corrected chi connectivity index (χ2v) is 4.94. The Labute approximate surface area is 113 Å². The zero-order chi connectivity index (χ0) is 12.5. The third-order valence-corrected chi connectivity index (χ3v) is 3.18. The lowest BCUT2D eigenvalue weighted by Gasteiger charge is -2.18. The van der Waals surface area contributed by atoms with Crippen molar-refractivity contribution in [2.75, 3.05) is 6.54 Å². The summed E-state index contributed by atoms with van der Waals surface area (Å²) in [5.74, 6) is 6.09. The Morgan fingerprint density at radius 1 is 1.29 bits per heavy atom. The molecule has 92 valence electrons. The van der Waals surface area contributed by atoms with Crippen LogP contribution in [-0.4, -0.2) is 6.54 Å². The van der Waals surface area contributed by atoms with Crippen LogP contribution in [0.4, 0.5) is 0 Å². The van der Waals surface area contributed by atoms with Crippen LogP contribution in [-0.2, 0) is 0 Å². The molecule has 1 unspecified atom stereocenters. The molecule has 0 amide bonds. The smallest absolute Gasteiger partial charge is 0.0329 e. The first-order valence-electron chi connectivity index (χ1n) is 6.16. The van der Waals surface area contributed by atoms with Gasteiger partial charge in [-0.05, 0) is 44.0 Å². The van der Waals surface area contributed by atoms with E-state index in [-0.39, 0.29) is 0 Å². The number of benzene rings is 1. The van der Waals surface area contributed by atoms with Crippen molar-refractivity contribution < 1.29 is 0 Å². The van der Waals surface area contributed by atoms with Crippen LogP contribution in [0.3, 0.4) is 0 Å². The van der Waals surface area contributed by atoms with Gasteiger partial charge in [0.1, 0.15) is 0 Å². The molecule has 17 heavy (non-hydrogen) atoms. The summed E-state index contributed by atoms with van der Waals surface area (Å²) in [6, 6.07) is 8.97. The van der Waals surface area contributed by atoms with Gasteiger partial charge < -0.3 is 5.32 Å². The summed E-state index contributed by atoms with van der Waals surface area (Å²) in [7, 11) is 0. The Hall–Kier alpha value is -0.780. The monoisotopic (exact) mass is 293 g/mol. The van der Waals surface area contributed by atoms with Gasteiger partial charge in [-0.1, -0.05) is 35.0 Å². The Morgan fingerprint density at radius 2 is 2.00 bits per heavy atom. The molecule has 1 N–H and O–H groups in total. The summed E-state index contributed by atoms with van der Waals surface area (Å²) in [6.07, 6.45) is 3.18. The molecule has 1 aromatic carbocycles. The summed E-state index contributed by atoms with van der Waals surface area (Å²) in [6.45, 7) is 5.14. The Bertz CT molecular complexity index is 372. The van der Waals surface area contributed by atoms with Crippen molar-refractivity contribution in [1.29, 1.82) is 0 Å². The number of hydrogen-bond acceptors (Lipinski definition) is 1. The van der Waals surface area contributed by atoms with Gasteiger partial charge in [0.15, 0.2) is 0 Å². The van der Waals surface area contributed by atoms with Crippen LogP contribution < -0.4 is 5.32 Å². The van der Waals surface area contributed by atoms with Gasteiger partial charge in [-0.15, -0.1) is 11.8 Å². The van der Waals surface area contributed by atoms with Gasteiger partial charge in [0.25, 0.3) is 0 Å². The molecule has 0 fully saturated rings. The highest BCUT2D eigenvalue weighted by Gasteiger charge is 2.09. The van der Waals surface area contributed by atoms with Crippen LogP contribution in [0.5, 0.6) is 0 Å². The molecule has 0 aliphatic rings. The molecule has 1 atom stereocenters. The Kier molecular flexibility index (Phi) is 7.00. The van der Waals surface area contributed by atoms with Crippen molar-refractivity contribution in [3.05, 3.63) is 34.3 Å². The number of rotatable bonds is 6. The summed E-state index contributed by atoms with van der Waals surface area (Å²) >= 11 is 3.47. The van der Waals surface area contributed by atoms with Crippen molar-refractivity contribution in [2.24, 2.45) is 0 Å². The maximum atomic E-state index is 3.58. The average molecular weight is 294 g/mol. The fourth-order valence-corrected chi connectivity index (χ4v) is 2.01. The number of halogens is 1. The standard InChI is InChI=1S/C15H20BrN/c1-3-5-6-7-15(17-12-4-2)13-8-10-14(16)11-9-13/h8-11,15,17H,4,6-7,12H2,1-2H3. The minimum atomic E-state index is 0.420. The molecule has 0 bridgehead atoms. The second-order valence-electron chi connectivity index (χ2n) is 4.02. The third-order valence-electron chi connectivity index (χ3n) is 2.65. The average Bonchev–Trinajstić information content (AvgIpc) is 2.35. The molecule has 2 heteroatoms. The van der Waals surface area contributed by atoms with Gasteiger partial charge in [0.2, 0.25) is 0 Å². The second kappa shape index (κ2) is 8.33. The van der Waals surface area contributed by atoms with E-state index < -0.39 is 0 Å². The first-order chi connectivity index (χ1) is 8.27. The van der Waals surface area contributed by atoms with Crippen molar-refractivity contribution in [3.63, 3.8) is 0 Å². The molecule has 1 nitrogen and oxygen atoms in total. The number of nitrogens with one attached hydrogen (secondary N) is 1. The first-order valence-corrected chi connectivity index (χ1v) is 6.95. The molecule has 0 aliphatic heterocycles. The van der Waals surface area contributed by atoms with Gasteiger partial charge in [-0.25, -0.2) is 0 Å². The van der Waals surface area contributed by atoms with Crippen molar-refractivity contribution in [2.45, 2.75) is 39.2 Å². The lowest BCUT2D eigenvalue weighted by molar-refractivity contribution is 0.505. The molecule has 0 heterocycles. The van der Waals surface area contributed by atoms with Gasteiger partial charge >= 0.3 is 0 Å². The highest BCUT2D eigenvalue weighted by Crippen LogP contribution is 2.20. The van der Waals surface area contributed by atoms with Gasteiger partial charge in [-0.2, -0.15) is 0 Å². The maximum absolute atomic E-state index is 3.58. The van der Waals surface area contributed by atoms with E-state index in [9.17, 15) is 0 Å². The fourth-order valence-electron chi connectivity index (χ4n) is 1.74. The van der Waals surface area contributed by atoms with Gasteiger partial charge in [-0.3, -0.25) is 0 Å². The van der Waals surface area contributed by atoms with Crippen LogP contribution in [0.1, 0.15) is 44.7 Å². The van der Waals surface area contributed by atoms with E-state index in [0.717, 1.165) is 30.3 Å². The Morgan fingerprint density at radius 3 is 2.59 bits per heavy atom. The van der Waals surface area contributed by atoms with E-state index in [1.807, 2.05) is 6.92 Å². The number of hydrogen-bond donors (Lipinski definition) is 1. The SMILES string of the molecule is CC#CCCC(NCCC)c1ccc(Br)cc1. The van der Waals surface area contributed by atoms with Crippen LogP contribution in [0.2, 0.25) is 0 Å². The molecule has 0 saturated carbocycles. The lowest BCUT2D eigenvalue weighted by Crippen LogP contribution is -2.22. The summed E-state index contributed by atoms with van der Waals surface area (Å²) < 4.78 is 1.13.